The Hall–Kier alpha value is -1.75. The van der Waals surface area contributed by atoms with Crippen LogP contribution in [0.4, 0.5) is 22.9 Å². The lowest BCUT2D eigenvalue weighted by Gasteiger charge is -2.28. The zero-order valence-electron chi connectivity index (χ0n) is 11.8. The Morgan fingerprint density at radius 2 is 1.81 bits per heavy atom. The Morgan fingerprint density at radius 1 is 1.10 bits per heavy atom. The summed E-state index contributed by atoms with van der Waals surface area (Å²) in [7, 11) is 0. The van der Waals surface area contributed by atoms with Gasteiger partial charge < -0.3 is 16.0 Å². The van der Waals surface area contributed by atoms with E-state index in [9.17, 15) is 0 Å². The average Bonchev–Trinajstić information content (AvgIpc) is 2.52. The van der Waals surface area contributed by atoms with Gasteiger partial charge in [0.15, 0.2) is 5.82 Å². The van der Waals surface area contributed by atoms with Crippen LogP contribution in [0.2, 0.25) is 0 Å². The Kier molecular flexibility index (Phi) is 4.29. The van der Waals surface area contributed by atoms with Gasteiger partial charge in [-0.05, 0) is 65.5 Å². The molecule has 3 rings (SSSR count). The number of benzene rings is 1. The third-order valence-electron chi connectivity index (χ3n) is 3.74. The lowest BCUT2D eigenvalue weighted by Crippen LogP contribution is -2.29. The molecule has 1 fully saturated rings. The van der Waals surface area contributed by atoms with Gasteiger partial charge in [0.05, 0.1) is 5.69 Å². The second kappa shape index (κ2) is 6.35. The van der Waals surface area contributed by atoms with Crippen LogP contribution in [0, 0.1) is 0 Å². The molecule has 21 heavy (non-hydrogen) atoms. The van der Waals surface area contributed by atoms with Gasteiger partial charge in [0.25, 0.3) is 0 Å². The maximum absolute atomic E-state index is 5.95. The normalized spacial score (nSPS) is 15.0. The number of anilines is 4. The Balaban J connectivity index is 1.71. The molecule has 0 unspecified atom stereocenters. The fourth-order valence-electron chi connectivity index (χ4n) is 2.60. The SMILES string of the molecule is Nc1cc(Br)cnc1Nc1ccc(N2CCCCC2)cc1. The van der Waals surface area contributed by atoms with Gasteiger partial charge in [-0.3, -0.25) is 0 Å². The second-order valence-corrected chi connectivity index (χ2v) is 6.23. The summed E-state index contributed by atoms with van der Waals surface area (Å²) < 4.78 is 0.881. The molecule has 1 aliphatic heterocycles. The number of hydrogen-bond donors (Lipinski definition) is 2. The Morgan fingerprint density at radius 3 is 2.48 bits per heavy atom. The molecule has 4 nitrogen and oxygen atoms in total. The number of rotatable bonds is 3. The predicted molar refractivity (Wildman–Crippen MR) is 92.1 cm³/mol. The summed E-state index contributed by atoms with van der Waals surface area (Å²) in [6, 6.07) is 10.3. The van der Waals surface area contributed by atoms with Crippen LogP contribution in [0.1, 0.15) is 19.3 Å². The van der Waals surface area contributed by atoms with Crippen LogP contribution in [-0.4, -0.2) is 18.1 Å². The molecule has 1 saturated heterocycles. The number of piperidine rings is 1. The van der Waals surface area contributed by atoms with Crippen molar-refractivity contribution in [1.29, 1.82) is 0 Å². The first kappa shape index (κ1) is 14.2. The van der Waals surface area contributed by atoms with Crippen LogP contribution in [0.3, 0.4) is 0 Å². The fourth-order valence-corrected chi connectivity index (χ4v) is 2.95. The third-order valence-corrected chi connectivity index (χ3v) is 4.17. The number of hydrogen-bond acceptors (Lipinski definition) is 4. The van der Waals surface area contributed by atoms with Crippen molar-refractivity contribution in [3.63, 3.8) is 0 Å². The van der Waals surface area contributed by atoms with Crippen LogP contribution in [0.15, 0.2) is 41.0 Å². The molecule has 2 aromatic rings. The highest BCUT2D eigenvalue weighted by Gasteiger charge is 2.10. The van der Waals surface area contributed by atoms with Crippen molar-refractivity contribution in [2.75, 3.05) is 29.0 Å². The summed E-state index contributed by atoms with van der Waals surface area (Å²) in [6.45, 7) is 2.32. The van der Waals surface area contributed by atoms with E-state index in [1.807, 2.05) is 6.07 Å². The van der Waals surface area contributed by atoms with Crippen LogP contribution in [0.25, 0.3) is 0 Å². The molecule has 0 amide bonds. The number of pyridine rings is 1. The molecular formula is C16H19BrN4. The lowest BCUT2D eigenvalue weighted by atomic mass is 10.1. The van der Waals surface area contributed by atoms with Gasteiger partial charge in [-0.1, -0.05) is 0 Å². The maximum Gasteiger partial charge on any atom is 0.153 e. The van der Waals surface area contributed by atoms with E-state index in [1.165, 1.54) is 24.9 Å². The molecule has 0 saturated carbocycles. The van der Waals surface area contributed by atoms with Gasteiger partial charge in [-0.15, -0.1) is 0 Å². The zero-order chi connectivity index (χ0) is 14.7. The van der Waals surface area contributed by atoms with Crippen molar-refractivity contribution in [3.05, 3.63) is 41.0 Å². The summed E-state index contributed by atoms with van der Waals surface area (Å²) in [5.74, 6) is 0.684. The molecule has 0 bridgehead atoms. The molecule has 1 aromatic heterocycles. The van der Waals surface area contributed by atoms with Gasteiger partial charge >= 0.3 is 0 Å². The molecular weight excluding hydrogens is 328 g/mol. The van der Waals surface area contributed by atoms with Gasteiger partial charge in [0.2, 0.25) is 0 Å². The second-order valence-electron chi connectivity index (χ2n) is 5.31. The lowest BCUT2D eigenvalue weighted by molar-refractivity contribution is 0.578. The van der Waals surface area contributed by atoms with E-state index in [0.29, 0.717) is 11.5 Å². The minimum absolute atomic E-state index is 0.629. The molecule has 1 aromatic carbocycles. The van der Waals surface area contributed by atoms with Crippen molar-refractivity contribution >= 4 is 38.8 Å². The van der Waals surface area contributed by atoms with E-state index < -0.39 is 0 Å². The minimum Gasteiger partial charge on any atom is -0.396 e. The summed E-state index contributed by atoms with van der Waals surface area (Å²) >= 11 is 3.36. The van der Waals surface area contributed by atoms with Crippen molar-refractivity contribution in [2.24, 2.45) is 0 Å². The van der Waals surface area contributed by atoms with E-state index in [4.69, 9.17) is 5.73 Å². The smallest absolute Gasteiger partial charge is 0.153 e. The van der Waals surface area contributed by atoms with Gasteiger partial charge in [0, 0.05) is 35.1 Å². The molecule has 5 heteroatoms. The van der Waals surface area contributed by atoms with E-state index in [2.05, 4.69) is 55.4 Å². The fraction of sp³-hybridized carbons (Fsp3) is 0.312. The third kappa shape index (κ3) is 3.47. The number of aromatic nitrogens is 1. The first-order valence-corrected chi connectivity index (χ1v) is 8.05. The van der Waals surface area contributed by atoms with E-state index in [0.717, 1.165) is 23.2 Å². The quantitative estimate of drug-likeness (QED) is 0.875. The standard InChI is InChI=1S/C16H19BrN4/c17-12-10-15(18)16(19-11-12)20-13-4-6-14(7-5-13)21-8-2-1-3-9-21/h4-7,10-11H,1-3,8-9,18H2,(H,19,20). The van der Waals surface area contributed by atoms with Crippen LogP contribution in [-0.2, 0) is 0 Å². The topological polar surface area (TPSA) is 54.2 Å². The molecule has 110 valence electrons. The molecule has 0 aliphatic carbocycles. The van der Waals surface area contributed by atoms with Gasteiger partial charge in [-0.2, -0.15) is 0 Å². The highest BCUT2D eigenvalue weighted by molar-refractivity contribution is 9.10. The van der Waals surface area contributed by atoms with Crippen molar-refractivity contribution in [1.82, 2.24) is 4.98 Å². The van der Waals surface area contributed by atoms with Crippen molar-refractivity contribution < 1.29 is 0 Å². The largest absolute Gasteiger partial charge is 0.396 e. The molecule has 0 radical (unpaired) electrons. The van der Waals surface area contributed by atoms with Crippen molar-refractivity contribution in [2.45, 2.75) is 19.3 Å². The summed E-state index contributed by atoms with van der Waals surface area (Å²) in [4.78, 5) is 6.74. The van der Waals surface area contributed by atoms with Gasteiger partial charge in [-0.25, -0.2) is 4.98 Å². The molecule has 2 heterocycles. The first-order valence-electron chi connectivity index (χ1n) is 7.25. The van der Waals surface area contributed by atoms with E-state index >= 15 is 0 Å². The molecule has 3 N–H and O–H groups in total. The number of nitrogens with one attached hydrogen (secondary N) is 1. The molecule has 0 spiro atoms. The average molecular weight is 347 g/mol. The zero-order valence-corrected chi connectivity index (χ0v) is 13.4. The number of nitrogen functional groups attached to an aromatic ring is 1. The molecule has 0 atom stereocenters. The number of nitrogens with two attached hydrogens (primary N) is 1. The van der Waals surface area contributed by atoms with Gasteiger partial charge in [0.1, 0.15) is 0 Å². The maximum atomic E-state index is 5.95. The highest BCUT2D eigenvalue weighted by atomic mass is 79.9. The summed E-state index contributed by atoms with van der Waals surface area (Å²) in [5.41, 5.74) is 8.87. The summed E-state index contributed by atoms with van der Waals surface area (Å²) in [6.07, 6.45) is 5.67. The van der Waals surface area contributed by atoms with Crippen LogP contribution >= 0.6 is 15.9 Å². The monoisotopic (exact) mass is 346 g/mol. The van der Waals surface area contributed by atoms with E-state index in [-0.39, 0.29) is 0 Å². The van der Waals surface area contributed by atoms with Crippen LogP contribution < -0.4 is 16.0 Å². The Labute approximate surface area is 133 Å². The van der Waals surface area contributed by atoms with Crippen LogP contribution in [0.5, 0.6) is 0 Å². The van der Waals surface area contributed by atoms with Crippen molar-refractivity contribution in [3.8, 4) is 0 Å². The van der Waals surface area contributed by atoms with E-state index in [1.54, 1.807) is 6.20 Å². The number of halogens is 1. The highest BCUT2D eigenvalue weighted by Crippen LogP contribution is 2.26. The molecule has 1 aliphatic rings. The first-order chi connectivity index (χ1) is 10.2. The minimum atomic E-state index is 0.629. The predicted octanol–water partition coefficient (Wildman–Crippen LogP) is 4.16. The Bertz CT molecular complexity index is 606. The summed E-state index contributed by atoms with van der Waals surface area (Å²) in [5, 5.41) is 3.25. The number of nitrogens with zero attached hydrogens (tertiary/aromatic N) is 2.